The Kier molecular flexibility index (Phi) is 6.93. The Bertz CT molecular complexity index is 1500. The first-order valence-electron chi connectivity index (χ1n) is 12.2. The van der Waals surface area contributed by atoms with Crippen LogP contribution in [0.4, 0.5) is 5.69 Å². The largest absolute Gasteiger partial charge is 0.478 e. The molecule has 0 bridgehead atoms. The highest BCUT2D eigenvalue weighted by molar-refractivity contribution is 7.80. The fraction of sp³-hybridized carbons (Fsp3) is 0.172. The second kappa shape index (κ2) is 10.5. The van der Waals surface area contributed by atoms with Crippen LogP contribution in [-0.2, 0) is 4.79 Å². The maximum absolute atomic E-state index is 13.1. The van der Waals surface area contributed by atoms with Crippen LogP contribution in [-0.4, -0.2) is 43.1 Å². The standard InChI is InChI=1S/C29H27N5O3S/c1-18-16-22(19(2)34(18)24-14-7-6-12-21(24)28(36)37)27-26(23-13-8-9-15-30-23)32-29(38)33(27)17-25(35)31-20-10-4-3-5-11-20/h3-16,26-27H,17H2,1-2H3,(H,31,35)(H,32,38)(H,36,37)/t26-,27-/m0/s1. The molecule has 0 aliphatic carbocycles. The van der Waals surface area contributed by atoms with Crippen LogP contribution in [0.15, 0.2) is 85.1 Å². The summed E-state index contributed by atoms with van der Waals surface area (Å²) < 4.78 is 1.94. The second-order valence-electron chi connectivity index (χ2n) is 9.15. The van der Waals surface area contributed by atoms with Crippen LogP contribution in [0.25, 0.3) is 5.69 Å². The van der Waals surface area contributed by atoms with E-state index in [0.29, 0.717) is 16.5 Å². The number of carbonyl (C=O) groups excluding carboxylic acids is 1. The maximum atomic E-state index is 13.1. The summed E-state index contributed by atoms with van der Waals surface area (Å²) in [4.78, 5) is 31.5. The summed E-state index contributed by atoms with van der Waals surface area (Å²) in [6.45, 7) is 3.93. The first-order chi connectivity index (χ1) is 18.3. The molecular formula is C29H27N5O3S. The Morgan fingerprint density at radius 3 is 2.45 bits per heavy atom. The molecule has 0 spiro atoms. The van der Waals surface area contributed by atoms with Gasteiger partial charge in [-0.2, -0.15) is 0 Å². The Labute approximate surface area is 225 Å². The monoisotopic (exact) mass is 525 g/mol. The average Bonchev–Trinajstić information content (AvgIpc) is 3.39. The van der Waals surface area contributed by atoms with Crippen LogP contribution in [0.3, 0.4) is 0 Å². The molecule has 3 heterocycles. The number of anilines is 1. The van der Waals surface area contributed by atoms with Gasteiger partial charge in [0, 0.05) is 23.3 Å². The molecule has 0 saturated carbocycles. The van der Waals surface area contributed by atoms with E-state index in [9.17, 15) is 14.7 Å². The van der Waals surface area contributed by atoms with E-state index in [1.807, 2.05) is 84.0 Å². The summed E-state index contributed by atoms with van der Waals surface area (Å²) >= 11 is 5.73. The molecule has 2 aromatic heterocycles. The summed E-state index contributed by atoms with van der Waals surface area (Å²) in [5, 5.41) is 16.6. The number of amides is 1. The van der Waals surface area contributed by atoms with Crippen LogP contribution in [0.1, 0.15) is 45.1 Å². The number of carboxylic acids is 1. The zero-order valence-corrected chi connectivity index (χ0v) is 21.8. The van der Waals surface area contributed by atoms with Crippen molar-refractivity contribution < 1.29 is 14.7 Å². The van der Waals surface area contributed by atoms with Gasteiger partial charge in [0.05, 0.1) is 29.0 Å². The zero-order chi connectivity index (χ0) is 26.8. The van der Waals surface area contributed by atoms with Crippen LogP contribution in [0.5, 0.6) is 0 Å². The molecule has 4 aromatic rings. The third kappa shape index (κ3) is 4.76. The molecule has 2 atom stereocenters. The molecule has 0 unspecified atom stereocenters. The quantitative estimate of drug-likeness (QED) is 0.298. The zero-order valence-electron chi connectivity index (χ0n) is 21.0. The van der Waals surface area contributed by atoms with E-state index in [0.717, 1.165) is 22.6 Å². The lowest BCUT2D eigenvalue weighted by Gasteiger charge is -2.27. The molecule has 5 rings (SSSR count). The van der Waals surface area contributed by atoms with Gasteiger partial charge in [0.25, 0.3) is 0 Å². The number of carboxylic acid groups (broad SMARTS) is 1. The SMILES string of the molecule is Cc1cc([C@H]2[C@H](c3ccccn3)NC(=S)N2CC(=O)Nc2ccccc2)c(C)n1-c1ccccc1C(=O)O. The lowest BCUT2D eigenvalue weighted by molar-refractivity contribution is -0.116. The number of aromatic carboxylic acids is 1. The molecule has 2 aromatic carbocycles. The van der Waals surface area contributed by atoms with Gasteiger partial charge >= 0.3 is 5.97 Å². The number of nitrogens with zero attached hydrogens (tertiary/aromatic N) is 3. The summed E-state index contributed by atoms with van der Waals surface area (Å²) in [5.41, 5.74) is 4.95. The van der Waals surface area contributed by atoms with E-state index in [4.69, 9.17) is 12.2 Å². The van der Waals surface area contributed by atoms with Crippen LogP contribution < -0.4 is 10.6 Å². The highest BCUT2D eigenvalue weighted by Gasteiger charge is 2.42. The van der Waals surface area contributed by atoms with Crippen LogP contribution in [0, 0.1) is 13.8 Å². The predicted octanol–water partition coefficient (Wildman–Crippen LogP) is 4.80. The number of aromatic nitrogens is 2. The van der Waals surface area contributed by atoms with Crippen LogP contribution >= 0.6 is 12.2 Å². The Morgan fingerprint density at radius 1 is 1.03 bits per heavy atom. The molecule has 1 aliphatic heterocycles. The molecule has 38 heavy (non-hydrogen) atoms. The van der Waals surface area contributed by atoms with Crippen molar-refractivity contribution in [2.75, 3.05) is 11.9 Å². The fourth-order valence-corrected chi connectivity index (χ4v) is 5.40. The van der Waals surface area contributed by atoms with E-state index < -0.39 is 5.97 Å². The fourth-order valence-electron chi connectivity index (χ4n) is 5.10. The van der Waals surface area contributed by atoms with Gasteiger partial charge in [-0.15, -0.1) is 0 Å². The van der Waals surface area contributed by atoms with Gasteiger partial charge in [-0.05, 0) is 74.1 Å². The van der Waals surface area contributed by atoms with Gasteiger partial charge in [-0.25, -0.2) is 4.79 Å². The molecule has 1 amide bonds. The van der Waals surface area contributed by atoms with Crippen LogP contribution in [0.2, 0.25) is 0 Å². The number of thiocarbonyl (C=S) groups is 1. The van der Waals surface area contributed by atoms with Gasteiger partial charge in [-0.3, -0.25) is 9.78 Å². The number of aryl methyl sites for hydroxylation is 1. The van der Waals surface area contributed by atoms with E-state index in [-0.39, 0.29) is 30.1 Å². The summed E-state index contributed by atoms with van der Waals surface area (Å²) in [5.74, 6) is -1.19. The Morgan fingerprint density at radius 2 is 1.74 bits per heavy atom. The van der Waals surface area contributed by atoms with Gasteiger partial charge < -0.3 is 25.2 Å². The number of hydrogen-bond donors (Lipinski definition) is 3. The molecule has 9 heteroatoms. The van der Waals surface area contributed by atoms with Crippen molar-refractivity contribution in [1.29, 1.82) is 0 Å². The summed E-state index contributed by atoms with van der Waals surface area (Å²) in [6.07, 6.45) is 1.73. The number of rotatable bonds is 7. The third-order valence-corrected chi connectivity index (χ3v) is 7.09. The second-order valence-corrected chi connectivity index (χ2v) is 9.54. The minimum absolute atomic E-state index is 0.0319. The van der Waals surface area contributed by atoms with Crippen molar-refractivity contribution in [3.8, 4) is 5.69 Å². The average molecular weight is 526 g/mol. The normalized spacial score (nSPS) is 16.8. The van der Waals surface area contributed by atoms with Gasteiger partial charge in [0.15, 0.2) is 5.11 Å². The number of benzene rings is 2. The highest BCUT2D eigenvalue weighted by atomic mass is 32.1. The molecule has 192 valence electrons. The number of nitrogens with one attached hydrogen (secondary N) is 2. The van der Waals surface area contributed by atoms with Gasteiger partial charge in [0.1, 0.15) is 6.54 Å². The topological polar surface area (TPSA) is 99.5 Å². The number of hydrogen-bond acceptors (Lipinski definition) is 4. The molecule has 1 fully saturated rings. The first-order valence-corrected chi connectivity index (χ1v) is 12.6. The Hall–Kier alpha value is -4.50. The summed E-state index contributed by atoms with van der Waals surface area (Å²) in [7, 11) is 0. The lowest BCUT2D eigenvalue weighted by atomic mass is 9.96. The van der Waals surface area contributed by atoms with Crippen molar-refractivity contribution in [3.63, 3.8) is 0 Å². The van der Waals surface area contributed by atoms with Crippen molar-refractivity contribution in [3.05, 3.63) is 113 Å². The lowest BCUT2D eigenvalue weighted by Crippen LogP contribution is -2.37. The minimum Gasteiger partial charge on any atom is -0.478 e. The smallest absolute Gasteiger partial charge is 0.337 e. The molecule has 0 radical (unpaired) electrons. The van der Waals surface area contributed by atoms with E-state index in [1.165, 1.54) is 0 Å². The van der Waals surface area contributed by atoms with Crippen molar-refractivity contribution >= 4 is 34.9 Å². The predicted molar refractivity (Wildman–Crippen MR) is 149 cm³/mol. The van der Waals surface area contributed by atoms with Gasteiger partial charge in [-0.1, -0.05) is 36.4 Å². The van der Waals surface area contributed by atoms with E-state index >= 15 is 0 Å². The van der Waals surface area contributed by atoms with Gasteiger partial charge in [0.2, 0.25) is 5.91 Å². The van der Waals surface area contributed by atoms with Crippen molar-refractivity contribution in [2.24, 2.45) is 0 Å². The van der Waals surface area contributed by atoms with E-state index in [1.54, 1.807) is 24.4 Å². The highest BCUT2D eigenvalue weighted by Crippen LogP contribution is 2.41. The number of pyridine rings is 1. The molecule has 3 N–H and O–H groups in total. The summed E-state index contributed by atoms with van der Waals surface area (Å²) in [6, 6.07) is 23.3. The first kappa shape index (κ1) is 25.2. The minimum atomic E-state index is -0.996. The molecular weight excluding hydrogens is 498 g/mol. The van der Waals surface area contributed by atoms with E-state index in [2.05, 4.69) is 15.6 Å². The van der Waals surface area contributed by atoms with Crippen molar-refractivity contribution in [2.45, 2.75) is 25.9 Å². The van der Waals surface area contributed by atoms with Crippen molar-refractivity contribution in [1.82, 2.24) is 19.8 Å². The molecule has 1 aliphatic rings. The molecule has 1 saturated heterocycles. The molecule has 8 nitrogen and oxygen atoms in total. The Balaban J connectivity index is 1.57. The number of para-hydroxylation sites is 2. The number of carbonyl (C=O) groups is 2. The maximum Gasteiger partial charge on any atom is 0.337 e. The third-order valence-electron chi connectivity index (χ3n) is 6.73.